The lowest BCUT2D eigenvalue weighted by Crippen LogP contribution is -2.54. The number of hydrogen-bond donors (Lipinski definition) is 6. The van der Waals surface area contributed by atoms with Crippen molar-refractivity contribution in [1.29, 1.82) is 0 Å². The summed E-state index contributed by atoms with van der Waals surface area (Å²) in [6.45, 7) is 3.58. The third kappa shape index (κ3) is 10.8. The lowest BCUT2D eigenvalue weighted by atomic mass is 10.0. The normalized spacial score (nSPS) is 14.1. The number of nitrogens with one attached hydrogen (secondary N) is 2. The summed E-state index contributed by atoms with van der Waals surface area (Å²) < 4.78 is 0. The summed E-state index contributed by atoms with van der Waals surface area (Å²) in [5, 5.41) is 31.0. The second-order valence-corrected chi connectivity index (χ2v) is 6.56. The van der Waals surface area contributed by atoms with Crippen molar-refractivity contribution in [2.24, 2.45) is 11.7 Å². The van der Waals surface area contributed by atoms with Gasteiger partial charge in [-0.2, -0.15) is 0 Å². The molecule has 0 aromatic rings. The molecule has 0 saturated carbocycles. The molecule has 0 heterocycles. The molecule has 0 bridgehead atoms. The third-order valence-electron chi connectivity index (χ3n) is 3.61. The maximum atomic E-state index is 12.4. The third-order valence-corrected chi connectivity index (χ3v) is 3.61. The zero-order valence-electron chi connectivity index (χ0n) is 15.3. The van der Waals surface area contributed by atoms with Gasteiger partial charge in [0.1, 0.15) is 12.1 Å². The molecule has 0 rings (SSSR count). The SMILES string of the molecule is CC(C)C[C@H](NC(=O)[C@@H](N)CCC(=O)O)C(=O)N[C@@H](CCC(=O)O)C(=O)O. The number of carbonyl (C=O) groups excluding carboxylic acids is 2. The van der Waals surface area contributed by atoms with E-state index in [1.165, 1.54) is 0 Å². The number of amides is 2. The molecule has 0 radical (unpaired) electrons. The van der Waals surface area contributed by atoms with Crippen LogP contribution in [0.25, 0.3) is 0 Å². The van der Waals surface area contributed by atoms with Gasteiger partial charge in [-0.3, -0.25) is 19.2 Å². The number of carbonyl (C=O) groups is 5. The van der Waals surface area contributed by atoms with Crippen LogP contribution in [-0.4, -0.2) is 63.2 Å². The number of nitrogens with two attached hydrogens (primary N) is 1. The molecule has 2 amide bonds. The summed E-state index contributed by atoms with van der Waals surface area (Å²) >= 11 is 0. The summed E-state index contributed by atoms with van der Waals surface area (Å²) in [7, 11) is 0. The second kappa shape index (κ2) is 11.8. The number of aliphatic carboxylic acids is 3. The predicted molar refractivity (Wildman–Crippen MR) is 92.7 cm³/mol. The van der Waals surface area contributed by atoms with E-state index in [1.54, 1.807) is 13.8 Å². The van der Waals surface area contributed by atoms with E-state index in [9.17, 15) is 24.0 Å². The molecule has 11 nitrogen and oxygen atoms in total. The molecule has 0 spiro atoms. The van der Waals surface area contributed by atoms with Crippen LogP contribution in [0.5, 0.6) is 0 Å². The van der Waals surface area contributed by atoms with Crippen LogP contribution in [0, 0.1) is 5.92 Å². The zero-order valence-corrected chi connectivity index (χ0v) is 15.3. The van der Waals surface area contributed by atoms with Gasteiger partial charge in [0.15, 0.2) is 0 Å². The van der Waals surface area contributed by atoms with Crippen molar-refractivity contribution in [3.05, 3.63) is 0 Å². The Kier molecular flexibility index (Phi) is 10.7. The van der Waals surface area contributed by atoms with Crippen molar-refractivity contribution in [1.82, 2.24) is 10.6 Å². The van der Waals surface area contributed by atoms with Gasteiger partial charge in [0, 0.05) is 12.8 Å². The highest BCUT2D eigenvalue weighted by Crippen LogP contribution is 2.08. The van der Waals surface area contributed by atoms with Gasteiger partial charge in [-0.05, 0) is 25.2 Å². The molecular formula is C16H27N3O8. The van der Waals surface area contributed by atoms with Crippen LogP contribution >= 0.6 is 0 Å². The first-order chi connectivity index (χ1) is 12.4. The Morgan fingerprint density at radius 3 is 1.74 bits per heavy atom. The summed E-state index contributed by atoms with van der Waals surface area (Å²) in [5.74, 6) is -5.24. The van der Waals surface area contributed by atoms with Crippen LogP contribution in [0.3, 0.4) is 0 Å². The molecule has 0 unspecified atom stereocenters. The van der Waals surface area contributed by atoms with Crippen molar-refractivity contribution in [2.75, 3.05) is 0 Å². The molecule has 27 heavy (non-hydrogen) atoms. The average Bonchev–Trinajstić information content (AvgIpc) is 2.54. The minimum Gasteiger partial charge on any atom is -0.481 e. The van der Waals surface area contributed by atoms with Gasteiger partial charge in [-0.25, -0.2) is 4.79 Å². The van der Waals surface area contributed by atoms with Crippen molar-refractivity contribution in [3.63, 3.8) is 0 Å². The van der Waals surface area contributed by atoms with E-state index in [2.05, 4.69) is 10.6 Å². The molecule has 7 N–H and O–H groups in total. The van der Waals surface area contributed by atoms with E-state index in [4.69, 9.17) is 21.1 Å². The zero-order chi connectivity index (χ0) is 21.1. The van der Waals surface area contributed by atoms with E-state index in [1.807, 2.05) is 0 Å². The van der Waals surface area contributed by atoms with Crippen molar-refractivity contribution in [3.8, 4) is 0 Å². The standard InChI is InChI=1S/C16H27N3O8/c1-8(2)7-11(19-14(24)9(17)3-5-12(20)21)15(25)18-10(16(26)27)4-6-13(22)23/h8-11H,3-7,17H2,1-2H3,(H,18,25)(H,19,24)(H,20,21)(H,22,23)(H,26,27)/t9-,10-,11-/m0/s1. The molecule has 0 aliphatic carbocycles. The van der Waals surface area contributed by atoms with Gasteiger partial charge in [0.05, 0.1) is 6.04 Å². The Balaban J connectivity index is 5.01. The Morgan fingerprint density at radius 2 is 1.30 bits per heavy atom. The Labute approximate surface area is 156 Å². The van der Waals surface area contributed by atoms with Crippen LogP contribution in [0.2, 0.25) is 0 Å². The van der Waals surface area contributed by atoms with Crippen molar-refractivity contribution in [2.45, 2.75) is 64.1 Å². The molecule has 0 fully saturated rings. The van der Waals surface area contributed by atoms with Crippen LogP contribution in [-0.2, 0) is 24.0 Å². The van der Waals surface area contributed by atoms with E-state index in [0.717, 1.165) is 0 Å². The fourth-order valence-electron chi connectivity index (χ4n) is 2.19. The average molecular weight is 389 g/mol. The minimum absolute atomic E-state index is 0.0291. The first kappa shape index (κ1) is 24.3. The maximum Gasteiger partial charge on any atom is 0.326 e. The summed E-state index contributed by atoms with van der Waals surface area (Å²) in [6, 6.07) is -3.63. The van der Waals surface area contributed by atoms with Gasteiger partial charge in [0.2, 0.25) is 11.8 Å². The fraction of sp³-hybridized carbons (Fsp3) is 0.688. The Morgan fingerprint density at radius 1 is 0.815 bits per heavy atom. The maximum absolute atomic E-state index is 12.4. The first-order valence-electron chi connectivity index (χ1n) is 8.46. The molecule has 11 heteroatoms. The lowest BCUT2D eigenvalue weighted by molar-refractivity contribution is -0.143. The van der Waals surface area contributed by atoms with E-state index < -0.39 is 54.3 Å². The van der Waals surface area contributed by atoms with E-state index in [0.29, 0.717) is 0 Å². The summed E-state index contributed by atoms with van der Waals surface area (Å²) in [4.78, 5) is 56.8. The lowest BCUT2D eigenvalue weighted by Gasteiger charge is -2.24. The number of carboxylic acids is 3. The highest BCUT2D eigenvalue weighted by Gasteiger charge is 2.28. The minimum atomic E-state index is -1.42. The number of rotatable bonds is 13. The molecule has 3 atom stereocenters. The largest absolute Gasteiger partial charge is 0.481 e. The molecule has 0 aliphatic heterocycles. The molecule has 0 aromatic heterocycles. The van der Waals surface area contributed by atoms with Crippen LogP contribution < -0.4 is 16.4 Å². The van der Waals surface area contributed by atoms with Gasteiger partial charge in [0.25, 0.3) is 0 Å². The summed E-state index contributed by atoms with van der Waals surface area (Å²) in [5.41, 5.74) is 5.61. The molecule has 0 aliphatic rings. The highest BCUT2D eigenvalue weighted by atomic mass is 16.4. The molecule has 0 saturated heterocycles. The number of carboxylic acid groups (broad SMARTS) is 3. The van der Waals surface area contributed by atoms with E-state index >= 15 is 0 Å². The molecular weight excluding hydrogens is 362 g/mol. The predicted octanol–water partition coefficient (Wildman–Crippen LogP) is -0.856. The quantitative estimate of drug-likeness (QED) is 0.232. The van der Waals surface area contributed by atoms with Crippen LogP contribution in [0.4, 0.5) is 0 Å². The van der Waals surface area contributed by atoms with Gasteiger partial charge < -0.3 is 31.7 Å². The van der Waals surface area contributed by atoms with Gasteiger partial charge >= 0.3 is 17.9 Å². The fourth-order valence-corrected chi connectivity index (χ4v) is 2.19. The Hall–Kier alpha value is -2.69. The van der Waals surface area contributed by atoms with Crippen molar-refractivity contribution >= 4 is 29.7 Å². The number of hydrogen-bond acceptors (Lipinski definition) is 6. The van der Waals surface area contributed by atoms with E-state index in [-0.39, 0.29) is 31.6 Å². The second-order valence-electron chi connectivity index (χ2n) is 6.56. The van der Waals surface area contributed by atoms with Crippen LogP contribution in [0.15, 0.2) is 0 Å². The smallest absolute Gasteiger partial charge is 0.326 e. The van der Waals surface area contributed by atoms with Crippen molar-refractivity contribution < 1.29 is 39.3 Å². The first-order valence-corrected chi connectivity index (χ1v) is 8.46. The monoisotopic (exact) mass is 389 g/mol. The highest BCUT2D eigenvalue weighted by molar-refractivity contribution is 5.92. The summed E-state index contributed by atoms with van der Waals surface area (Å²) in [6.07, 6.45) is -0.997. The van der Waals surface area contributed by atoms with Crippen LogP contribution in [0.1, 0.15) is 46.0 Å². The molecule has 154 valence electrons. The van der Waals surface area contributed by atoms with Gasteiger partial charge in [-0.15, -0.1) is 0 Å². The molecule has 0 aromatic carbocycles. The Bertz CT molecular complexity index is 564. The van der Waals surface area contributed by atoms with Gasteiger partial charge in [-0.1, -0.05) is 13.8 Å². The topological polar surface area (TPSA) is 196 Å².